The second-order valence-electron chi connectivity index (χ2n) is 6.00. The highest BCUT2D eigenvalue weighted by atomic mass is 16.5. The zero-order valence-corrected chi connectivity index (χ0v) is 16.0. The molecule has 0 saturated heterocycles. The van der Waals surface area contributed by atoms with E-state index in [0.717, 1.165) is 24.1 Å². The number of hydrogen-bond acceptors (Lipinski definition) is 6. The number of hydrogen-bond donors (Lipinski definition) is 2. The van der Waals surface area contributed by atoms with Crippen molar-refractivity contribution >= 4 is 11.9 Å². The molecule has 2 rings (SSSR count). The molecule has 0 bridgehead atoms. The highest BCUT2D eigenvalue weighted by Crippen LogP contribution is 2.29. The van der Waals surface area contributed by atoms with Gasteiger partial charge in [-0.3, -0.25) is 9.89 Å². The Balaban J connectivity index is 1.92. The number of aromatic nitrogens is 2. The van der Waals surface area contributed by atoms with Crippen LogP contribution >= 0.6 is 0 Å². The number of carbonyl (C=O) groups is 2. The number of rotatable bonds is 9. The fraction of sp³-hybridized carbons (Fsp3) is 0.421. The molecule has 0 aliphatic heterocycles. The summed E-state index contributed by atoms with van der Waals surface area (Å²) in [5, 5.41) is 9.45. The van der Waals surface area contributed by atoms with Gasteiger partial charge < -0.3 is 19.5 Å². The van der Waals surface area contributed by atoms with Crippen LogP contribution in [0.4, 0.5) is 0 Å². The van der Waals surface area contributed by atoms with Crippen LogP contribution in [-0.2, 0) is 16.0 Å². The number of aromatic amines is 1. The van der Waals surface area contributed by atoms with Crippen molar-refractivity contribution in [1.29, 1.82) is 0 Å². The first-order valence-corrected chi connectivity index (χ1v) is 8.71. The number of nitrogens with zero attached hydrogens (tertiary/aromatic N) is 1. The van der Waals surface area contributed by atoms with Gasteiger partial charge in [-0.05, 0) is 37.6 Å². The Morgan fingerprint density at radius 1 is 1.22 bits per heavy atom. The van der Waals surface area contributed by atoms with Crippen molar-refractivity contribution in [3.05, 3.63) is 41.2 Å². The Hall–Kier alpha value is -3.03. The minimum absolute atomic E-state index is 0.161. The summed E-state index contributed by atoms with van der Waals surface area (Å²) < 4.78 is 15.6. The predicted octanol–water partition coefficient (Wildman–Crippen LogP) is 2.41. The number of carbonyl (C=O) groups excluding carboxylic acids is 2. The summed E-state index contributed by atoms with van der Waals surface area (Å²) in [5.41, 5.74) is 1.77. The molecule has 146 valence electrons. The molecule has 0 radical (unpaired) electrons. The van der Waals surface area contributed by atoms with Crippen LogP contribution in [0.3, 0.4) is 0 Å². The van der Waals surface area contributed by atoms with Crippen LogP contribution < -0.4 is 14.8 Å². The van der Waals surface area contributed by atoms with Crippen LogP contribution in [0.1, 0.15) is 48.1 Å². The summed E-state index contributed by atoms with van der Waals surface area (Å²) in [6.45, 7) is 3.44. The third-order valence-corrected chi connectivity index (χ3v) is 3.97. The molecule has 0 fully saturated rings. The molecule has 1 unspecified atom stereocenters. The lowest BCUT2D eigenvalue weighted by Crippen LogP contribution is -2.31. The zero-order chi connectivity index (χ0) is 19.8. The highest BCUT2D eigenvalue weighted by Gasteiger charge is 2.18. The van der Waals surface area contributed by atoms with Gasteiger partial charge in [-0.2, -0.15) is 5.10 Å². The fourth-order valence-corrected chi connectivity index (χ4v) is 2.61. The molecule has 8 nitrogen and oxygen atoms in total. The molecule has 1 aromatic carbocycles. The number of ether oxygens (including phenoxy) is 3. The van der Waals surface area contributed by atoms with Crippen LogP contribution in [0.5, 0.6) is 11.5 Å². The van der Waals surface area contributed by atoms with Crippen molar-refractivity contribution in [3.63, 3.8) is 0 Å². The Labute approximate surface area is 158 Å². The number of methoxy groups -OCH3 is 2. The SMILES string of the molecule is CCCc1cc(C(=O)OCC(=O)NC(C)c2cc(OC)ccc2OC)n[nH]1. The van der Waals surface area contributed by atoms with Gasteiger partial charge >= 0.3 is 5.97 Å². The molecule has 1 atom stereocenters. The van der Waals surface area contributed by atoms with E-state index in [4.69, 9.17) is 14.2 Å². The largest absolute Gasteiger partial charge is 0.497 e. The summed E-state index contributed by atoms with van der Waals surface area (Å²) in [6, 6.07) is 6.60. The fourth-order valence-electron chi connectivity index (χ4n) is 2.61. The summed E-state index contributed by atoms with van der Waals surface area (Å²) in [6.07, 6.45) is 1.73. The third kappa shape index (κ3) is 5.47. The maximum absolute atomic E-state index is 12.1. The molecule has 0 spiro atoms. The first-order valence-electron chi connectivity index (χ1n) is 8.71. The number of H-pyrrole nitrogens is 1. The first-order chi connectivity index (χ1) is 13.0. The Morgan fingerprint density at radius 2 is 2.00 bits per heavy atom. The lowest BCUT2D eigenvalue weighted by molar-refractivity contribution is -0.124. The minimum atomic E-state index is -0.643. The van der Waals surface area contributed by atoms with Gasteiger partial charge in [0.15, 0.2) is 12.3 Å². The predicted molar refractivity (Wildman–Crippen MR) is 99.0 cm³/mol. The number of amides is 1. The van der Waals surface area contributed by atoms with Crippen LogP contribution in [0, 0.1) is 0 Å². The van der Waals surface area contributed by atoms with E-state index in [-0.39, 0.29) is 11.7 Å². The second-order valence-corrected chi connectivity index (χ2v) is 6.00. The number of nitrogens with one attached hydrogen (secondary N) is 2. The van der Waals surface area contributed by atoms with Gasteiger partial charge in [0, 0.05) is 11.3 Å². The van der Waals surface area contributed by atoms with Gasteiger partial charge in [0.2, 0.25) is 0 Å². The molecule has 1 amide bonds. The third-order valence-electron chi connectivity index (χ3n) is 3.97. The van der Waals surface area contributed by atoms with E-state index in [0.29, 0.717) is 11.5 Å². The molecule has 8 heteroatoms. The molecule has 1 aromatic heterocycles. The summed E-state index contributed by atoms with van der Waals surface area (Å²) in [5.74, 6) is 0.209. The number of aryl methyl sites for hydroxylation is 1. The average Bonchev–Trinajstić information content (AvgIpc) is 3.14. The molecule has 0 saturated carbocycles. The van der Waals surface area contributed by atoms with E-state index < -0.39 is 18.5 Å². The Kier molecular flexibility index (Phi) is 7.22. The van der Waals surface area contributed by atoms with Gasteiger partial charge in [0.1, 0.15) is 11.5 Å². The average molecular weight is 375 g/mol. The molecule has 0 aliphatic carbocycles. The van der Waals surface area contributed by atoms with Gasteiger partial charge in [-0.1, -0.05) is 13.3 Å². The van der Waals surface area contributed by atoms with Crippen molar-refractivity contribution in [2.24, 2.45) is 0 Å². The molecule has 27 heavy (non-hydrogen) atoms. The van der Waals surface area contributed by atoms with E-state index in [9.17, 15) is 9.59 Å². The normalized spacial score (nSPS) is 11.6. The van der Waals surface area contributed by atoms with Crippen molar-refractivity contribution in [1.82, 2.24) is 15.5 Å². The van der Waals surface area contributed by atoms with Crippen LogP contribution in [0.2, 0.25) is 0 Å². The van der Waals surface area contributed by atoms with E-state index in [1.807, 2.05) is 13.8 Å². The standard InChI is InChI=1S/C19H25N3O5/c1-5-6-13-9-16(22-21-13)19(24)27-11-18(23)20-12(2)15-10-14(25-3)7-8-17(15)26-4/h7-10,12H,5-6,11H2,1-4H3,(H,20,23)(H,21,22). The lowest BCUT2D eigenvalue weighted by Gasteiger charge is -2.18. The van der Waals surface area contributed by atoms with Gasteiger partial charge in [-0.15, -0.1) is 0 Å². The number of benzene rings is 1. The van der Waals surface area contributed by atoms with Crippen LogP contribution in [0.15, 0.2) is 24.3 Å². The van der Waals surface area contributed by atoms with Crippen molar-refractivity contribution in [3.8, 4) is 11.5 Å². The van der Waals surface area contributed by atoms with Gasteiger partial charge in [0.05, 0.1) is 20.3 Å². The maximum Gasteiger partial charge on any atom is 0.359 e. The Bertz CT molecular complexity index is 787. The van der Waals surface area contributed by atoms with E-state index >= 15 is 0 Å². The van der Waals surface area contributed by atoms with Crippen molar-refractivity contribution < 1.29 is 23.8 Å². The Morgan fingerprint density at radius 3 is 2.67 bits per heavy atom. The van der Waals surface area contributed by atoms with E-state index in [2.05, 4.69) is 15.5 Å². The van der Waals surface area contributed by atoms with Crippen molar-refractivity contribution in [2.45, 2.75) is 32.7 Å². The summed E-state index contributed by atoms with van der Waals surface area (Å²) in [4.78, 5) is 24.1. The zero-order valence-electron chi connectivity index (χ0n) is 16.0. The van der Waals surface area contributed by atoms with Crippen LogP contribution in [0.25, 0.3) is 0 Å². The molecule has 1 heterocycles. The summed E-state index contributed by atoms with van der Waals surface area (Å²) in [7, 11) is 3.12. The van der Waals surface area contributed by atoms with Crippen LogP contribution in [-0.4, -0.2) is 42.9 Å². The smallest absolute Gasteiger partial charge is 0.359 e. The van der Waals surface area contributed by atoms with Gasteiger partial charge in [0.25, 0.3) is 5.91 Å². The van der Waals surface area contributed by atoms with Crippen molar-refractivity contribution in [2.75, 3.05) is 20.8 Å². The maximum atomic E-state index is 12.1. The highest BCUT2D eigenvalue weighted by molar-refractivity contribution is 5.89. The van der Waals surface area contributed by atoms with Gasteiger partial charge in [-0.25, -0.2) is 4.79 Å². The van der Waals surface area contributed by atoms with E-state index in [1.54, 1.807) is 38.5 Å². The molecule has 2 N–H and O–H groups in total. The topological polar surface area (TPSA) is 103 Å². The minimum Gasteiger partial charge on any atom is -0.497 e. The lowest BCUT2D eigenvalue weighted by atomic mass is 10.1. The number of esters is 1. The quantitative estimate of drug-likeness (QED) is 0.653. The summed E-state index contributed by atoms with van der Waals surface area (Å²) >= 11 is 0. The second kappa shape index (κ2) is 9.61. The monoisotopic (exact) mass is 375 g/mol. The molecule has 2 aromatic rings. The van der Waals surface area contributed by atoms with E-state index in [1.165, 1.54) is 0 Å². The molecular weight excluding hydrogens is 350 g/mol. The molecule has 0 aliphatic rings. The molecular formula is C19H25N3O5. The first kappa shape index (κ1) is 20.3.